The molecule has 0 radical (unpaired) electrons. The van der Waals surface area contributed by atoms with Crippen molar-refractivity contribution < 1.29 is 4.79 Å². The molecule has 23 heavy (non-hydrogen) atoms. The quantitative estimate of drug-likeness (QED) is 0.910. The fourth-order valence-corrected chi connectivity index (χ4v) is 5.11. The summed E-state index contributed by atoms with van der Waals surface area (Å²) in [7, 11) is 0. The number of hydrogen-bond donors (Lipinski definition) is 1. The van der Waals surface area contributed by atoms with Gasteiger partial charge in [-0.15, -0.1) is 0 Å². The minimum absolute atomic E-state index is 0.253. The highest BCUT2D eigenvalue weighted by Crippen LogP contribution is 2.45. The van der Waals surface area contributed by atoms with Crippen LogP contribution in [-0.4, -0.2) is 36.0 Å². The molecule has 2 unspecified atom stereocenters. The van der Waals surface area contributed by atoms with E-state index in [9.17, 15) is 4.79 Å². The Bertz CT molecular complexity index is 577. The van der Waals surface area contributed by atoms with Crippen LogP contribution in [0.3, 0.4) is 0 Å². The van der Waals surface area contributed by atoms with Gasteiger partial charge in [0.25, 0.3) is 0 Å². The number of amides is 1. The smallest absolute Gasteiger partial charge is 0.233 e. The summed E-state index contributed by atoms with van der Waals surface area (Å²) in [4.78, 5) is 16.0. The van der Waals surface area contributed by atoms with E-state index in [1.54, 1.807) is 0 Å². The topological polar surface area (TPSA) is 32.3 Å². The van der Waals surface area contributed by atoms with Gasteiger partial charge >= 0.3 is 0 Å². The van der Waals surface area contributed by atoms with Crippen LogP contribution in [0.15, 0.2) is 24.3 Å². The van der Waals surface area contributed by atoms with Gasteiger partial charge in [0.1, 0.15) is 0 Å². The van der Waals surface area contributed by atoms with E-state index in [0.29, 0.717) is 18.0 Å². The minimum Gasteiger partial charge on any atom is -0.335 e. The van der Waals surface area contributed by atoms with Crippen LogP contribution in [0.4, 0.5) is 0 Å². The first kappa shape index (κ1) is 15.2. The molecule has 2 atom stereocenters. The van der Waals surface area contributed by atoms with Crippen molar-refractivity contribution in [1.29, 1.82) is 0 Å². The first-order chi connectivity index (χ1) is 11.2. The molecule has 0 spiro atoms. The molecule has 2 aliphatic heterocycles. The molecule has 3 fully saturated rings. The number of nitrogens with one attached hydrogen (secondary N) is 1. The van der Waals surface area contributed by atoms with Crippen molar-refractivity contribution in [2.45, 2.75) is 69.4 Å². The van der Waals surface area contributed by atoms with Crippen LogP contribution in [-0.2, 0) is 10.2 Å². The number of carbonyl (C=O) groups excluding carboxylic acids is 1. The Labute approximate surface area is 139 Å². The van der Waals surface area contributed by atoms with E-state index >= 15 is 0 Å². The van der Waals surface area contributed by atoms with E-state index < -0.39 is 0 Å². The van der Waals surface area contributed by atoms with Crippen LogP contribution >= 0.6 is 0 Å². The maximum Gasteiger partial charge on any atom is 0.233 e. The third-order valence-corrected chi connectivity index (χ3v) is 6.33. The maximum atomic E-state index is 13.7. The molecule has 3 nitrogen and oxygen atoms in total. The molecule has 1 aromatic carbocycles. The van der Waals surface area contributed by atoms with Gasteiger partial charge in [0, 0.05) is 18.6 Å². The lowest BCUT2D eigenvalue weighted by Crippen LogP contribution is -2.51. The third kappa shape index (κ3) is 2.50. The van der Waals surface area contributed by atoms with E-state index in [1.165, 1.54) is 36.8 Å². The van der Waals surface area contributed by atoms with Gasteiger partial charge in [-0.2, -0.15) is 0 Å². The van der Waals surface area contributed by atoms with Crippen LogP contribution in [0.5, 0.6) is 0 Å². The SMILES string of the molecule is Cc1cccc(C2(C(=O)N3C4CCNCC3CC4)CCCC2)c1. The molecular formula is C20H28N2O. The average Bonchev–Trinajstić information content (AvgIpc) is 3.11. The number of fused-ring (bicyclic) bond motifs is 2. The largest absolute Gasteiger partial charge is 0.335 e. The molecule has 3 aliphatic rings. The molecular weight excluding hydrogens is 284 g/mol. The van der Waals surface area contributed by atoms with E-state index in [2.05, 4.69) is 41.4 Å². The lowest BCUT2D eigenvalue weighted by atomic mass is 9.76. The summed E-state index contributed by atoms with van der Waals surface area (Å²) in [6.45, 7) is 4.17. The highest BCUT2D eigenvalue weighted by molar-refractivity contribution is 5.89. The molecule has 4 rings (SSSR count). The molecule has 3 heteroatoms. The van der Waals surface area contributed by atoms with E-state index in [-0.39, 0.29) is 5.41 Å². The first-order valence-electron chi connectivity index (χ1n) is 9.31. The summed E-state index contributed by atoms with van der Waals surface area (Å²) in [6, 6.07) is 9.57. The van der Waals surface area contributed by atoms with Crippen molar-refractivity contribution in [3.63, 3.8) is 0 Å². The Morgan fingerprint density at radius 2 is 1.96 bits per heavy atom. The average molecular weight is 312 g/mol. The van der Waals surface area contributed by atoms with Gasteiger partial charge in [-0.05, 0) is 51.1 Å². The molecule has 1 amide bonds. The lowest BCUT2D eigenvalue weighted by Gasteiger charge is -2.38. The van der Waals surface area contributed by atoms with Gasteiger partial charge in [-0.3, -0.25) is 4.79 Å². The highest BCUT2D eigenvalue weighted by Gasteiger charge is 2.49. The van der Waals surface area contributed by atoms with Gasteiger partial charge in [0.2, 0.25) is 5.91 Å². The van der Waals surface area contributed by atoms with E-state index in [0.717, 1.165) is 32.4 Å². The lowest BCUT2D eigenvalue weighted by molar-refractivity contribution is -0.140. The molecule has 124 valence electrons. The number of carbonyl (C=O) groups is 1. The molecule has 1 saturated carbocycles. The monoisotopic (exact) mass is 312 g/mol. The predicted molar refractivity (Wildman–Crippen MR) is 92.5 cm³/mol. The zero-order valence-corrected chi connectivity index (χ0v) is 14.2. The normalized spacial score (nSPS) is 29.5. The second-order valence-corrected chi connectivity index (χ2v) is 7.75. The van der Waals surface area contributed by atoms with Crippen molar-refractivity contribution in [1.82, 2.24) is 10.2 Å². The van der Waals surface area contributed by atoms with Gasteiger partial charge in [-0.25, -0.2) is 0 Å². The Kier molecular flexibility index (Phi) is 3.92. The van der Waals surface area contributed by atoms with Crippen molar-refractivity contribution in [2.75, 3.05) is 13.1 Å². The number of rotatable bonds is 2. The minimum atomic E-state index is -0.253. The van der Waals surface area contributed by atoms with Gasteiger partial charge < -0.3 is 10.2 Å². The molecule has 0 aromatic heterocycles. The van der Waals surface area contributed by atoms with Crippen LogP contribution in [0.25, 0.3) is 0 Å². The number of hydrogen-bond acceptors (Lipinski definition) is 2. The van der Waals surface area contributed by atoms with Crippen LogP contribution in [0.2, 0.25) is 0 Å². The molecule has 1 aromatic rings. The Hall–Kier alpha value is -1.35. The molecule has 1 N–H and O–H groups in total. The summed E-state index contributed by atoms with van der Waals surface area (Å²) >= 11 is 0. The second kappa shape index (κ2) is 5.94. The standard InChI is InChI=1S/C20H28N2O/c1-15-5-4-6-16(13-15)20(10-2-3-11-20)19(23)22-17-7-8-18(22)14-21-12-9-17/h4-6,13,17-18,21H,2-3,7-12,14H2,1H3. The summed E-state index contributed by atoms with van der Waals surface area (Å²) in [5.74, 6) is 0.428. The third-order valence-electron chi connectivity index (χ3n) is 6.33. The van der Waals surface area contributed by atoms with Gasteiger partial charge in [0.15, 0.2) is 0 Å². The Morgan fingerprint density at radius 3 is 2.74 bits per heavy atom. The molecule has 1 aliphatic carbocycles. The molecule has 2 saturated heterocycles. The first-order valence-corrected chi connectivity index (χ1v) is 9.31. The fraction of sp³-hybridized carbons (Fsp3) is 0.650. The Morgan fingerprint density at radius 1 is 1.17 bits per heavy atom. The number of benzene rings is 1. The zero-order valence-electron chi connectivity index (χ0n) is 14.2. The Balaban J connectivity index is 1.71. The number of aryl methyl sites for hydroxylation is 1. The van der Waals surface area contributed by atoms with Crippen LogP contribution in [0, 0.1) is 6.92 Å². The van der Waals surface area contributed by atoms with E-state index in [1.807, 2.05) is 0 Å². The summed E-state index contributed by atoms with van der Waals surface area (Å²) in [6.07, 6.45) is 7.90. The molecule has 2 heterocycles. The van der Waals surface area contributed by atoms with Crippen molar-refractivity contribution in [2.24, 2.45) is 0 Å². The number of nitrogens with zero attached hydrogens (tertiary/aromatic N) is 1. The van der Waals surface area contributed by atoms with Crippen molar-refractivity contribution in [3.05, 3.63) is 35.4 Å². The van der Waals surface area contributed by atoms with Crippen LogP contribution < -0.4 is 5.32 Å². The summed E-state index contributed by atoms with van der Waals surface area (Å²) in [5, 5.41) is 3.52. The molecule has 2 bridgehead atoms. The maximum absolute atomic E-state index is 13.7. The van der Waals surface area contributed by atoms with Crippen molar-refractivity contribution >= 4 is 5.91 Å². The second-order valence-electron chi connectivity index (χ2n) is 7.75. The van der Waals surface area contributed by atoms with Gasteiger partial charge in [-0.1, -0.05) is 42.7 Å². The van der Waals surface area contributed by atoms with Crippen molar-refractivity contribution in [3.8, 4) is 0 Å². The van der Waals surface area contributed by atoms with Crippen LogP contribution in [0.1, 0.15) is 56.1 Å². The van der Waals surface area contributed by atoms with Gasteiger partial charge in [0.05, 0.1) is 5.41 Å². The summed E-state index contributed by atoms with van der Waals surface area (Å²) < 4.78 is 0. The van der Waals surface area contributed by atoms with E-state index in [4.69, 9.17) is 0 Å². The zero-order chi connectivity index (χ0) is 15.9. The predicted octanol–water partition coefficient (Wildman–Crippen LogP) is 3.16. The fourth-order valence-electron chi connectivity index (χ4n) is 5.11. The summed E-state index contributed by atoms with van der Waals surface area (Å²) in [5.41, 5.74) is 2.27. The highest BCUT2D eigenvalue weighted by atomic mass is 16.2.